The van der Waals surface area contributed by atoms with Gasteiger partial charge >= 0.3 is 0 Å². The van der Waals surface area contributed by atoms with E-state index in [-0.39, 0.29) is 49.0 Å². The molecule has 1 N–H and O–H groups in total. The largest absolute Gasteiger partial charge is 0.491 e. The summed E-state index contributed by atoms with van der Waals surface area (Å²) in [5.41, 5.74) is 0.867. The first-order valence-electron chi connectivity index (χ1n) is 10.8. The van der Waals surface area contributed by atoms with Crippen LogP contribution in [0.15, 0.2) is 18.2 Å². The van der Waals surface area contributed by atoms with Gasteiger partial charge in [0, 0.05) is 58.4 Å². The molecule has 9 nitrogen and oxygen atoms in total. The summed E-state index contributed by atoms with van der Waals surface area (Å²) in [6.45, 7) is 6.76. The van der Waals surface area contributed by atoms with Gasteiger partial charge in [-0.1, -0.05) is 13.8 Å². The molecular weight excluding hydrogens is 414 g/mol. The minimum absolute atomic E-state index is 0.0190. The van der Waals surface area contributed by atoms with E-state index < -0.39 is 0 Å². The second-order valence-corrected chi connectivity index (χ2v) is 8.19. The Morgan fingerprint density at radius 1 is 1.22 bits per heavy atom. The summed E-state index contributed by atoms with van der Waals surface area (Å²) in [5.74, 6) is -0.126. The average Bonchev–Trinajstić information content (AvgIpc) is 2.77. The summed E-state index contributed by atoms with van der Waals surface area (Å²) in [4.78, 5) is 41.1. The fraction of sp³-hybridized carbons (Fsp3) is 0.609. The van der Waals surface area contributed by atoms with Crippen molar-refractivity contribution in [3.8, 4) is 5.75 Å². The number of nitrogens with one attached hydrogen (secondary N) is 1. The van der Waals surface area contributed by atoms with E-state index in [0.29, 0.717) is 36.5 Å². The molecule has 1 aliphatic rings. The average molecular weight is 450 g/mol. The lowest BCUT2D eigenvalue weighted by Crippen LogP contribution is -2.48. The summed E-state index contributed by atoms with van der Waals surface area (Å²) < 4.78 is 16.6. The zero-order valence-electron chi connectivity index (χ0n) is 19.8. The number of hydrogen-bond acceptors (Lipinski definition) is 6. The molecule has 0 fully saturated rings. The Balaban J connectivity index is 2.42. The van der Waals surface area contributed by atoms with Gasteiger partial charge in [0.2, 0.25) is 11.8 Å². The minimum Gasteiger partial charge on any atom is -0.491 e. The first-order chi connectivity index (χ1) is 15.2. The first kappa shape index (κ1) is 25.6. The van der Waals surface area contributed by atoms with Crippen LogP contribution in [0.4, 0.5) is 5.69 Å². The van der Waals surface area contributed by atoms with E-state index >= 15 is 0 Å². The molecule has 1 aromatic carbocycles. The van der Waals surface area contributed by atoms with Gasteiger partial charge in [-0.2, -0.15) is 0 Å². The van der Waals surface area contributed by atoms with Crippen LogP contribution in [-0.2, 0) is 19.1 Å². The molecule has 0 unspecified atom stereocenters. The van der Waals surface area contributed by atoms with Crippen molar-refractivity contribution >= 4 is 23.4 Å². The molecule has 2 rings (SSSR count). The third-order valence-corrected chi connectivity index (χ3v) is 5.63. The Labute approximate surface area is 190 Å². The van der Waals surface area contributed by atoms with E-state index in [1.807, 2.05) is 25.7 Å². The molecule has 1 aromatic rings. The van der Waals surface area contributed by atoms with Crippen molar-refractivity contribution in [3.63, 3.8) is 0 Å². The number of rotatable bonds is 5. The molecule has 1 aliphatic heterocycles. The van der Waals surface area contributed by atoms with Gasteiger partial charge in [0.25, 0.3) is 5.91 Å². The van der Waals surface area contributed by atoms with Gasteiger partial charge in [0.1, 0.15) is 19.0 Å². The van der Waals surface area contributed by atoms with Crippen LogP contribution in [-0.4, -0.2) is 87.2 Å². The summed E-state index contributed by atoms with van der Waals surface area (Å²) in [5, 5.41) is 2.72. The van der Waals surface area contributed by atoms with Crippen molar-refractivity contribution in [3.05, 3.63) is 23.8 Å². The summed E-state index contributed by atoms with van der Waals surface area (Å²) >= 11 is 0. The van der Waals surface area contributed by atoms with Crippen molar-refractivity contribution in [2.45, 2.75) is 39.3 Å². The van der Waals surface area contributed by atoms with Crippen molar-refractivity contribution in [1.82, 2.24) is 9.80 Å². The number of carbonyl (C=O) groups excluding carboxylic acids is 3. The van der Waals surface area contributed by atoms with Gasteiger partial charge in [0.15, 0.2) is 0 Å². The number of methoxy groups -OCH3 is 2. The molecule has 0 aliphatic carbocycles. The van der Waals surface area contributed by atoms with Crippen LogP contribution in [0.1, 0.15) is 37.6 Å². The third-order valence-electron chi connectivity index (χ3n) is 5.63. The minimum atomic E-state index is -0.311. The number of anilines is 1. The number of nitrogens with zero attached hydrogens (tertiary/aromatic N) is 2. The van der Waals surface area contributed by atoms with Crippen LogP contribution in [0.3, 0.4) is 0 Å². The van der Waals surface area contributed by atoms with E-state index in [0.717, 1.165) is 0 Å². The Morgan fingerprint density at radius 2 is 1.94 bits per heavy atom. The molecular formula is C23H35N3O6. The second kappa shape index (κ2) is 11.8. The second-order valence-electron chi connectivity index (χ2n) is 8.19. The van der Waals surface area contributed by atoms with E-state index in [1.165, 1.54) is 7.11 Å². The Kier molecular flexibility index (Phi) is 9.46. The molecule has 0 saturated heterocycles. The van der Waals surface area contributed by atoms with Crippen molar-refractivity contribution < 1.29 is 28.6 Å². The van der Waals surface area contributed by atoms with Crippen molar-refractivity contribution in [2.24, 2.45) is 5.92 Å². The van der Waals surface area contributed by atoms with Crippen LogP contribution in [0, 0.1) is 5.92 Å². The molecule has 0 aromatic heterocycles. The van der Waals surface area contributed by atoms with Gasteiger partial charge in [-0.15, -0.1) is 0 Å². The van der Waals surface area contributed by atoms with Crippen LogP contribution in [0.5, 0.6) is 5.75 Å². The van der Waals surface area contributed by atoms with Crippen LogP contribution in [0.25, 0.3) is 0 Å². The number of ether oxygens (including phenoxy) is 3. The lowest BCUT2D eigenvalue weighted by Gasteiger charge is -2.36. The van der Waals surface area contributed by atoms with Gasteiger partial charge in [0.05, 0.1) is 17.7 Å². The number of benzene rings is 1. The SMILES string of the molecule is CCC(=O)N1C[C@H](C)[C@H](OC)CN(C)C(=O)c2ccc(NC(=O)COC)cc2OC[C@H]1C. The summed E-state index contributed by atoms with van der Waals surface area (Å²) in [7, 11) is 4.77. The number of likely N-dealkylation sites (N-methyl/N-ethyl adjacent to an activating group) is 1. The Bertz CT molecular complexity index is 815. The van der Waals surface area contributed by atoms with Crippen molar-refractivity contribution in [2.75, 3.05) is 52.9 Å². The fourth-order valence-electron chi connectivity index (χ4n) is 3.73. The number of carbonyl (C=O) groups is 3. The number of hydrogen-bond donors (Lipinski definition) is 1. The molecule has 3 amide bonds. The molecule has 3 atom stereocenters. The maximum atomic E-state index is 13.2. The van der Waals surface area contributed by atoms with Crippen LogP contribution in [0.2, 0.25) is 0 Å². The molecule has 9 heteroatoms. The first-order valence-corrected chi connectivity index (χ1v) is 10.8. The third kappa shape index (κ3) is 6.43. The zero-order chi connectivity index (χ0) is 23.8. The molecule has 32 heavy (non-hydrogen) atoms. The molecule has 0 saturated carbocycles. The predicted molar refractivity (Wildman–Crippen MR) is 121 cm³/mol. The summed E-state index contributed by atoms with van der Waals surface area (Å²) in [6.07, 6.45) is 0.152. The Morgan fingerprint density at radius 3 is 2.56 bits per heavy atom. The van der Waals surface area contributed by atoms with Gasteiger partial charge < -0.3 is 29.3 Å². The monoisotopic (exact) mass is 449 g/mol. The highest BCUT2D eigenvalue weighted by molar-refractivity contribution is 5.98. The zero-order valence-corrected chi connectivity index (χ0v) is 19.8. The molecule has 0 radical (unpaired) electrons. The van der Waals surface area contributed by atoms with Gasteiger partial charge in [-0.25, -0.2) is 0 Å². The Hall–Kier alpha value is -2.65. The maximum absolute atomic E-state index is 13.2. The molecule has 178 valence electrons. The predicted octanol–water partition coefficient (Wildman–Crippen LogP) is 2.01. The molecule has 0 spiro atoms. The maximum Gasteiger partial charge on any atom is 0.257 e. The quantitative estimate of drug-likeness (QED) is 0.739. The van der Waals surface area contributed by atoms with Crippen LogP contribution >= 0.6 is 0 Å². The number of fused-ring (bicyclic) bond motifs is 1. The van der Waals surface area contributed by atoms with E-state index in [1.54, 1.807) is 37.3 Å². The molecule has 0 bridgehead atoms. The van der Waals surface area contributed by atoms with Crippen molar-refractivity contribution in [1.29, 1.82) is 0 Å². The smallest absolute Gasteiger partial charge is 0.257 e. The molecule has 1 heterocycles. The van der Waals surface area contributed by atoms with Gasteiger partial charge in [-0.05, 0) is 19.1 Å². The van der Waals surface area contributed by atoms with E-state index in [4.69, 9.17) is 14.2 Å². The lowest BCUT2D eigenvalue weighted by atomic mass is 10.0. The van der Waals surface area contributed by atoms with Crippen LogP contribution < -0.4 is 10.1 Å². The van der Waals surface area contributed by atoms with Gasteiger partial charge in [-0.3, -0.25) is 14.4 Å². The lowest BCUT2D eigenvalue weighted by molar-refractivity contribution is -0.135. The van der Waals surface area contributed by atoms with E-state index in [9.17, 15) is 14.4 Å². The standard InChI is InChI=1S/C23H35N3O6/c1-7-22(28)26-11-15(2)20(31-6)12-25(4)23(29)18-9-8-17(24-21(27)14-30-5)10-19(18)32-13-16(26)3/h8-10,15-16,20H,7,11-14H2,1-6H3,(H,24,27)/t15-,16+,20+/m0/s1. The highest BCUT2D eigenvalue weighted by Gasteiger charge is 2.29. The topological polar surface area (TPSA) is 97.4 Å². The number of amides is 3. The highest BCUT2D eigenvalue weighted by atomic mass is 16.5. The fourth-order valence-corrected chi connectivity index (χ4v) is 3.73. The normalized spacial score (nSPS) is 22.3. The highest BCUT2D eigenvalue weighted by Crippen LogP contribution is 2.27. The summed E-state index contributed by atoms with van der Waals surface area (Å²) in [6, 6.07) is 4.69. The van der Waals surface area contributed by atoms with E-state index in [2.05, 4.69) is 5.32 Å².